The Hall–Kier alpha value is -0.430. The van der Waals surface area contributed by atoms with Crippen LogP contribution in [0.2, 0.25) is 0 Å². The Morgan fingerprint density at radius 2 is 2.24 bits per heavy atom. The van der Waals surface area contributed by atoms with E-state index in [1.807, 2.05) is 6.92 Å². The summed E-state index contributed by atoms with van der Waals surface area (Å²) in [6.07, 6.45) is 2.11. The lowest BCUT2D eigenvalue weighted by atomic mass is 10.0. The molecule has 6 heteroatoms. The van der Waals surface area contributed by atoms with Crippen molar-refractivity contribution in [3.05, 3.63) is 15.9 Å². The average Bonchev–Trinajstić information content (AvgIpc) is 2.79. The molecule has 0 aromatic carbocycles. The number of aromatic nitrogens is 2. The predicted octanol–water partition coefficient (Wildman–Crippen LogP) is 2.30. The Morgan fingerprint density at radius 1 is 1.43 bits per heavy atom. The molecule has 2 unspecified atom stereocenters. The fourth-order valence-corrected chi connectivity index (χ4v) is 3.12. The van der Waals surface area contributed by atoms with Crippen LogP contribution in [0.5, 0.6) is 0 Å². The van der Waals surface area contributed by atoms with Gasteiger partial charge in [-0.1, -0.05) is 6.92 Å². The molecule has 2 rings (SSSR count). The van der Waals surface area contributed by atoms with Crippen molar-refractivity contribution in [2.75, 3.05) is 26.4 Å². The Balaban J connectivity index is 2.13. The van der Waals surface area contributed by atoms with Crippen molar-refractivity contribution in [3.63, 3.8) is 0 Å². The van der Waals surface area contributed by atoms with Crippen molar-refractivity contribution >= 4 is 15.9 Å². The van der Waals surface area contributed by atoms with Gasteiger partial charge in [0.2, 0.25) is 0 Å². The van der Waals surface area contributed by atoms with E-state index in [0.29, 0.717) is 19.8 Å². The van der Waals surface area contributed by atoms with Crippen LogP contribution in [0.1, 0.15) is 31.7 Å². The number of aryl methyl sites for hydroxylation is 2. The summed E-state index contributed by atoms with van der Waals surface area (Å²) in [4.78, 5) is 0. The van der Waals surface area contributed by atoms with Crippen LogP contribution in [0, 0.1) is 6.92 Å². The zero-order valence-corrected chi connectivity index (χ0v) is 14.8. The summed E-state index contributed by atoms with van der Waals surface area (Å²) >= 11 is 3.68. The van der Waals surface area contributed by atoms with E-state index >= 15 is 0 Å². The van der Waals surface area contributed by atoms with E-state index in [1.165, 1.54) is 5.69 Å². The lowest BCUT2D eigenvalue weighted by molar-refractivity contribution is -0.101. The second-order valence-corrected chi connectivity index (χ2v) is 6.20. The summed E-state index contributed by atoms with van der Waals surface area (Å²) in [6.45, 7) is 10.3. The number of nitrogens with one attached hydrogen (secondary N) is 1. The molecule has 1 N–H and O–H groups in total. The zero-order chi connectivity index (χ0) is 15.2. The maximum atomic E-state index is 5.90. The Labute approximate surface area is 135 Å². The number of nitrogens with zero attached hydrogens (tertiary/aromatic N) is 2. The van der Waals surface area contributed by atoms with Crippen molar-refractivity contribution in [2.24, 2.45) is 0 Å². The van der Waals surface area contributed by atoms with E-state index in [-0.39, 0.29) is 12.1 Å². The summed E-state index contributed by atoms with van der Waals surface area (Å²) in [7, 11) is 0. The SMILES string of the molecule is CCCNC(Cc1c(Br)c(C)nn1CC)C1COCCO1. The van der Waals surface area contributed by atoms with E-state index in [9.17, 15) is 0 Å². The van der Waals surface area contributed by atoms with E-state index in [1.54, 1.807) is 0 Å². The van der Waals surface area contributed by atoms with Crippen molar-refractivity contribution in [1.29, 1.82) is 0 Å². The Kier molecular flexibility index (Phi) is 6.67. The van der Waals surface area contributed by atoms with Gasteiger partial charge in [-0.2, -0.15) is 5.10 Å². The smallest absolute Gasteiger partial charge is 0.0965 e. The second-order valence-electron chi connectivity index (χ2n) is 5.41. The van der Waals surface area contributed by atoms with E-state index < -0.39 is 0 Å². The first-order valence-corrected chi connectivity index (χ1v) is 8.61. The first kappa shape index (κ1) is 16.9. The molecule has 1 aromatic rings. The number of hydrogen-bond donors (Lipinski definition) is 1. The molecular formula is C15H26BrN3O2. The molecule has 1 aliphatic heterocycles. The van der Waals surface area contributed by atoms with Crippen LogP contribution in [0.3, 0.4) is 0 Å². The summed E-state index contributed by atoms with van der Waals surface area (Å²) in [5, 5.41) is 8.19. The molecule has 1 aliphatic rings. The zero-order valence-electron chi connectivity index (χ0n) is 13.2. The fourth-order valence-electron chi connectivity index (χ4n) is 2.68. The molecule has 21 heavy (non-hydrogen) atoms. The van der Waals surface area contributed by atoms with E-state index in [4.69, 9.17) is 9.47 Å². The molecule has 120 valence electrons. The highest BCUT2D eigenvalue weighted by Gasteiger charge is 2.27. The minimum Gasteiger partial charge on any atom is -0.376 e. The minimum absolute atomic E-state index is 0.109. The van der Waals surface area contributed by atoms with Crippen molar-refractivity contribution in [1.82, 2.24) is 15.1 Å². The quantitative estimate of drug-likeness (QED) is 0.811. The van der Waals surface area contributed by atoms with Crippen molar-refractivity contribution < 1.29 is 9.47 Å². The topological polar surface area (TPSA) is 48.3 Å². The normalized spacial score (nSPS) is 20.7. The molecule has 0 spiro atoms. The molecular weight excluding hydrogens is 334 g/mol. The molecule has 5 nitrogen and oxygen atoms in total. The van der Waals surface area contributed by atoms with Crippen LogP contribution in [0.25, 0.3) is 0 Å². The predicted molar refractivity (Wildman–Crippen MR) is 86.7 cm³/mol. The number of hydrogen-bond acceptors (Lipinski definition) is 4. The lowest BCUT2D eigenvalue weighted by Crippen LogP contribution is -2.48. The minimum atomic E-state index is 0.109. The first-order chi connectivity index (χ1) is 10.2. The molecule has 0 aliphatic carbocycles. The van der Waals surface area contributed by atoms with Gasteiger partial charge < -0.3 is 14.8 Å². The van der Waals surface area contributed by atoms with Crippen molar-refractivity contribution in [2.45, 2.75) is 52.3 Å². The van der Waals surface area contributed by atoms with Gasteiger partial charge in [-0.25, -0.2) is 0 Å². The monoisotopic (exact) mass is 359 g/mol. The number of rotatable bonds is 7. The van der Waals surface area contributed by atoms with Gasteiger partial charge in [-0.3, -0.25) is 4.68 Å². The average molecular weight is 360 g/mol. The third-order valence-corrected chi connectivity index (χ3v) is 4.84. The van der Waals surface area contributed by atoms with Gasteiger partial charge >= 0.3 is 0 Å². The summed E-state index contributed by atoms with van der Waals surface area (Å²) in [6, 6.07) is 0.253. The number of ether oxygens (including phenoxy) is 2. The van der Waals surface area contributed by atoms with Crippen LogP contribution in [0.15, 0.2) is 4.47 Å². The third-order valence-electron chi connectivity index (χ3n) is 3.81. The second kappa shape index (κ2) is 8.27. The van der Waals surface area contributed by atoms with Gasteiger partial charge in [0.15, 0.2) is 0 Å². The first-order valence-electron chi connectivity index (χ1n) is 7.81. The van der Waals surface area contributed by atoms with Gasteiger partial charge in [0.05, 0.1) is 41.8 Å². The van der Waals surface area contributed by atoms with Crippen LogP contribution in [0.4, 0.5) is 0 Å². The highest BCUT2D eigenvalue weighted by molar-refractivity contribution is 9.10. The molecule has 1 aromatic heterocycles. The van der Waals surface area contributed by atoms with Gasteiger partial charge in [-0.05, 0) is 42.7 Å². The molecule has 2 atom stereocenters. The van der Waals surface area contributed by atoms with Gasteiger partial charge in [0.1, 0.15) is 0 Å². The van der Waals surface area contributed by atoms with Gasteiger partial charge in [-0.15, -0.1) is 0 Å². The molecule has 1 saturated heterocycles. The molecule has 0 radical (unpaired) electrons. The van der Waals surface area contributed by atoms with Crippen LogP contribution < -0.4 is 5.32 Å². The maximum Gasteiger partial charge on any atom is 0.0965 e. The maximum absolute atomic E-state index is 5.90. The van der Waals surface area contributed by atoms with Crippen LogP contribution in [-0.2, 0) is 22.4 Å². The summed E-state index contributed by atoms with van der Waals surface area (Å²) in [5.74, 6) is 0. The highest BCUT2D eigenvalue weighted by Crippen LogP contribution is 2.23. The van der Waals surface area contributed by atoms with E-state index in [2.05, 4.69) is 44.9 Å². The standard InChI is InChI=1S/C15H26BrN3O2/c1-4-6-17-12(14-10-20-7-8-21-14)9-13-15(16)11(3)18-19(13)5-2/h12,14,17H,4-10H2,1-3H3. The van der Waals surface area contributed by atoms with Crippen LogP contribution >= 0.6 is 15.9 Å². The molecule has 0 amide bonds. The Bertz CT molecular complexity index is 444. The highest BCUT2D eigenvalue weighted by atomic mass is 79.9. The van der Waals surface area contributed by atoms with Gasteiger partial charge in [0, 0.05) is 19.0 Å². The van der Waals surface area contributed by atoms with E-state index in [0.717, 1.165) is 36.1 Å². The van der Waals surface area contributed by atoms with Crippen LogP contribution in [-0.4, -0.2) is 48.3 Å². The number of halogens is 1. The summed E-state index contributed by atoms with van der Waals surface area (Å²) in [5.41, 5.74) is 2.28. The van der Waals surface area contributed by atoms with Gasteiger partial charge in [0.25, 0.3) is 0 Å². The lowest BCUT2D eigenvalue weighted by Gasteiger charge is -2.31. The fraction of sp³-hybridized carbons (Fsp3) is 0.800. The molecule has 0 bridgehead atoms. The summed E-state index contributed by atoms with van der Waals surface area (Å²) < 4.78 is 14.7. The largest absolute Gasteiger partial charge is 0.376 e. The molecule has 1 fully saturated rings. The molecule has 0 saturated carbocycles. The van der Waals surface area contributed by atoms with Crippen molar-refractivity contribution in [3.8, 4) is 0 Å². The third kappa shape index (κ3) is 4.28. The Morgan fingerprint density at radius 3 is 2.86 bits per heavy atom. The molecule has 2 heterocycles.